The number of rotatable bonds is 2. The molecule has 1 aliphatic carbocycles. The molecule has 0 aromatic carbocycles. The maximum atomic E-state index is 6.00. The highest BCUT2D eigenvalue weighted by molar-refractivity contribution is 4.89. The quantitative estimate of drug-likeness (QED) is 0.616. The molecule has 2 rings (SSSR count). The van der Waals surface area contributed by atoms with Gasteiger partial charge in [0, 0.05) is 12.6 Å². The van der Waals surface area contributed by atoms with Gasteiger partial charge in [-0.2, -0.15) is 0 Å². The molecule has 1 aliphatic heterocycles. The zero-order chi connectivity index (χ0) is 6.97. The SMILES string of the molecule is NC(C1CC1)C1CCOC1. The molecule has 1 heterocycles. The maximum Gasteiger partial charge on any atom is 0.0510 e. The molecule has 2 N–H and O–H groups in total. The van der Waals surface area contributed by atoms with Gasteiger partial charge in [0.1, 0.15) is 0 Å². The lowest BCUT2D eigenvalue weighted by Gasteiger charge is -2.15. The van der Waals surface area contributed by atoms with E-state index in [2.05, 4.69) is 0 Å². The Morgan fingerprint density at radius 2 is 2.00 bits per heavy atom. The molecule has 0 radical (unpaired) electrons. The summed E-state index contributed by atoms with van der Waals surface area (Å²) in [5.74, 6) is 1.51. The summed E-state index contributed by atoms with van der Waals surface area (Å²) in [6, 6.07) is 0.447. The molecule has 2 atom stereocenters. The van der Waals surface area contributed by atoms with Gasteiger partial charge in [-0.1, -0.05) is 0 Å². The summed E-state index contributed by atoms with van der Waals surface area (Å²) in [5, 5.41) is 0. The van der Waals surface area contributed by atoms with Crippen LogP contribution in [0.2, 0.25) is 0 Å². The van der Waals surface area contributed by atoms with Crippen molar-refractivity contribution in [1.82, 2.24) is 0 Å². The van der Waals surface area contributed by atoms with E-state index in [0.717, 1.165) is 19.1 Å². The van der Waals surface area contributed by atoms with Crippen LogP contribution in [0.1, 0.15) is 19.3 Å². The van der Waals surface area contributed by atoms with E-state index in [1.165, 1.54) is 19.3 Å². The summed E-state index contributed by atoms with van der Waals surface area (Å²) in [5.41, 5.74) is 6.00. The third kappa shape index (κ3) is 1.18. The zero-order valence-electron chi connectivity index (χ0n) is 6.25. The minimum Gasteiger partial charge on any atom is -0.381 e. The standard InChI is InChI=1S/C8H15NO/c9-8(6-1-2-6)7-3-4-10-5-7/h6-8H,1-5,9H2. The number of ether oxygens (including phenoxy) is 1. The average molecular weight is 141 g/mol. The van der Waals surface area contributed by atoms with Gasteiger partial charge in [0.25, 0.3) is 0 Å². The Kier molecular flexibility index (Phi) is 1.66. The van der Waals surface area contributed by atoms with E-state index in [0.29, 0.717) is 12.0 Å². The molecule has 10 heavy (non-hydrogen) atoms. The first-order chi connectivity index (χ1) is 4.88. The van der Waals surface area contributed by atoms with Crippen molar-refractivity contribution in [3.05, 3.63) is 0 Å². The van der Waals surface area contributed by atoms with E-state index in [1.807, 2.05) is 0 Å². The Morgan fingerprint density at radius 1 is 1.20 bits per heavy atom. The molecular weight excluding hydrogens is 126 g/mol. The van der Waals surface area contributed by atoms with Gasteiger partial charge in [0.15, 0.2) is 0 Å². The molecule has 58 valence electrons. The number of nitrogens with two attached hydrogens (primary N) is 1. The van der Waals surface area contributed by atoms with Crippen LogP contribution in [0.25, 0.3) is 0 Å². The molecule has 0 bridgehead atoms. The largest absolute Gasteiger partial charge is 0.381 e. The van der Waals surface area contributed by atoms with Crippen molar-refractivity contribution in [3.63, 3.8) is 0 Å². The van der Waals surface area contributed by atoms with Crippen molar-refractivity contribution in [3.8, 4) is 0 Å². The van der Waals surface area contributed by atoms with Gasteiger partial charge in [-0.05, 0) is 31.1 Å². The highest BCUT2D eigenvalue weighted by Gasteiger charge is 2.35. The van der Waals surface area contributed by atoms with Crippen molar-refractivity contribution in [2.75, 3.05) is 13.2 Å². The summed E-state index contributed by atoms with van der Waals surface area (Å²) in [6.07, 6.45) is 3.91. The Balaban J connectivity index is 1.84. The molecule has 2 heteroatoms. The van der Waals surface area contributed by atoms with Crippen molar-refractivity contribution in [2.45, 2.75) is 25.3 Å². The van der Waals surface area contributed by atoms with E-state index in [4.69, 9.17) is 10.5 Å². The summed E-state index contributed by atoms with van der Waals surface area (Å²) in [4.78, 5) is 0. The highest BCUT2D eigenvalue weighted by atomic mass is 16.5. The van der Waals surface area contributed by atoms with Crippen LogP contribution in [-0.4, -0.2) is 19.3 Å². The second-order valence-corrected chi connectivity index (χ2v) is 3.54. The van der Waals surface area contributed by atoms with Gasteiger partial charge in [-0.15, -0.1) is 0 Å². The molecule has 2 unspecified atom stereocenters. The van der Waals surface area contributed by atoms with Gasteiger partial charge in [0.2, 0.25) is 0 Å². The Morgan fingerprint density at radius 3 is 2.50 bits per heavy atom. The summed E-state index contributed by atoms with van der Waals surface area (Å²) >= 11 is 0. The third-order valence-electron chi connectivity index (χ3n) is 2.68. The Hall–Kier alpha value is -0.0800. The van der Waals surface area contributed by atoms with Gasteiger partial charge < -0.3 is 10.5 Å². The first kappa shape index (κ1) is 6.62. The number of hydrogen-bond donors (Lipinski definition) is 1. The molecule has 2 fully saturated rings. The van der Waals surface area contributed by atoms with E-state index in [-0.39, 0.29) is 0 Å². The second-order valence-electron chi connectivity index (χ2n) is 3.54. The first-order valence-electron chi connectivity index (χ1n) is 4.21. The van der Waals surface area contributed by atoms with Crippen LogP contribution in [0, 0.1) is 11.8 Å². The molecule has 1 saturated heterocycles. The molecule has 0 spiro atoms. The Labute approximate surface area is 61.7 Å². The molecule has 0 aromatic heterocycles. The van der Waals surface area contributed by atoms with Crippen LogP contribution in [-0.2, 0) is 4.74 Å². The fourth-order valence-corrected chi connectivity index (χ4v) is 1.72. The van der Waals surface area contributed by atoms with Gasteiger partial charge >= 0.3 is 0 Å². The zero-order valence-corrected chi connectivity index (χ0v) is 6.25. The molecule has 1 saturated carbocycles. The first-order valence-corrected chi connectivity index (χ1v) is 4.21. The lowest BCUT2D eigenvalue weighted by atomic mass is 9.96. The highest BCUT2D eigenvalue weighted by Crippen LogP contribution is 2.36. The average Bonchev–Trinajstić information content (AvgIpc) is 2.65. The second kappa shape index (κ2) is 2.51. The third-order valence-corrected chi connectivity index (χ3v) is 2.68. The molecule has 0 amide bonds. The summed E-state index contributed by atoms with van der Waals surface area (Å²) in [6.45, 7) is 1.85. The van der Waals surface area contributed by atoms with Gasteiger partial charge in [-0.25, -0.2) is 0 Å². The smallest absolute Gasteiger partial charge is 0.0510 e. The maximum absolute atomic E-state index is 6.00. The minimum atomic E-state index is 0.447. The fraction of sp³-hybridized carbons (Fsp3) is 1.00. The lowest BCUT2D eigenvalue weighted by Crippen LogP contribution is -2.32. The predicted octanol–water partition coefficient (Wildman–Crippen LogP) is 0.760. The summed E-state index contributed by atoms with van der Waals surface area (Å²) in [7, 11) is 0. The predicted molar refractivity (Wildman–Crippen MR) is 39.6 cm³/mol. The van der Waals surface area contributed by atoms with Crippen molar-refractivity contribution < 1.29 is 4.74 Å². The van der Waals surface area contributed by atoms with Crippen LogP contribution in [0.5, 0.6) is 0 Å². The topological polar surface area (TPSA) is 35.2 Å². The van der Waals surface area contributed by atoms with Gasteiger partial charge in [0.05, 0.1) is 6.61 Å². The number of hydrogen-bond acceptors (Lipinski definition) is 2. The van der Waals surface area contributed by atoms with Crippen molar-refractivity contribution in [2.24, 2.45) is 17.6 Å². The van der Waals surface area contributed by atoms with E-state index in [1.54, 1.807) is 0 Å². The molecule has 2 nitrogen and oxygen atoms in total. The van der Waals surface area contributed by atoms with Crippen LogP contribution < -0.4 is 5.73 Å². The Bertz CT molecular complexity index is 116. The van der Waals surface area contributed by atoms with E-state index in [9.17, 15) is 0 Å². The van der Waals surface area contributed by atoms with Crippen LogP contribution >= 0.6 is 0 Å². The van der Waals surface area contributed by atoms with Crippen LogP contribution in [0.3, 0.4) is 0 Å². The van der Waals surface area contributed by atoms with Crippen molar-refractivity contribution >= 4 is 0 Å². The van der Waals surface area contributed by atoms with Crippen molar-refractivity contribution in [1.29, 1.82) is 0 Å². The minimum absolute atomic E-state index is 0.447. The summed E-state index contributed by atoms with van der Waals surface area (Å²) < 4.78 is 5.28. The fourth-order valence-electron chi connectivity index (χ4n) is 1.72. The van der Waals surface area contributed by atoms with Crippen LogP contribution in [0.15, 0.2) is 0 Å². The van der Waals surface area contributed by atoms with Gasteiger partial charge in [-0.3, -0.25) is 0 Å². The molecular formula is C8H15NO. The molecule has 0 aromatic rings. The normalized spacial score (nSPS) is 36.3. The van der Waals surface area contributed by atoms with E-state index >= 15 is 0 Å². The van der Waals surface area contributed by atoms with E-state index < -0.39 is 0 Å². The molecule has 2 aliphatic rings. The lowest BCUT2D eigenvalue weighted by molar-refractivity contribution is 0.178. The van der Waals surface area contributed by atoms with Crippen LogP contribution in [0.4, 0.5) is 0 Å². The monoisotopic (exact) mass is 141 g/mol.